The predicted molar refractivity (Wildman–Crippen MR) is 125 cm³/mol. The summed E-state index contributed by atoms with van der Waals surface area (Å²) in [6.45, 7) is 2.37. The second-order valence-electron chi connectivity index (χ2n) is 8.36. The zero-order chi connectivity index (χ0) is 23.2. The van der Waals surface area contributed by atoms with Crippen LogP contribution in [0.2, 0.25) is 0 Å². The molecule has 34 heavy (non-hydrogen) atoms. The first-order valence-electron chi connectivity index (χ1n) is 11.0. The molecule has 0 spiro atoms. The first-order valence-corrected chi connectivity index (χ1v) is 11.0. The first-order chi connectivity index (χ1) is 16.6. The van der Waals surface area contributed by atoms with E-state index < -0.39 is 5.92 Å². The van der Waals surface area contributed by atoms with Gasteiger partial charge in [0.05, 0.1) is 29.2 Å². The van der Waals surface area contributed by atoms with Crippen molar-refractivity contribution in [1.82, 2.24) is 14.8 Å². The third-order valence-electron chi connectivity index (χ3n) is 6.14. The monoisotopic (exact) mass is 455 g/mol. The summed E-state index contributed by atoms with van der Waals surface area (Å²) in [6, 6.07) is 17.0. The number of amides is 2. The molecular formula is C25H21N5O4. The third kappa shape index (κ3) is 3.42. The Hall–Kier alpha value is -4.40. The van der Waals surface area contributed by atoms with Crippen LogP contribution >= 0.6 is 0 Å². The van der Waals surface area contributed by atoms with E-state index in [4.69, 9.17) is 9.47 Å². The molecule has 4 heterocycles. The Morgan fingerprint density at radius 1 is 1.06 bits per heavy atom. The molecular weight excluding hydrogens is 434 g/mol. The van der Waals surface area contributed by atoms with Gasteiger partial charge >= 0.3 is 0 Å². The van der Waals surface area contributed by atoms with Gasteiger partial charge < -0.3 is 19.7 Å². The quantitative estimate of drug-likeness (QED) is 0.506. The van der Waals surface area contributed by atoms with Gasteiger partial charge in [0.2, 0.25) is 18.6 Å². The van der Waals surface area contributed by atoms with Crippen molar-refractivity contribution >= 4 is 34.2 Å². The van der Waals surface area contributed by atoms with E-state index in [1.165, 1.54) is 0 Å². The van der Waals surface area contributed by atoms with Crippen molar-refractivity contribution in [2.24, 2.45) is 5.92 Å². The molecule has 0 saturated carbocycles. The van der Waals surface area contributed by atoms with Crippen LogP contribution < -0.4 is 19.7 Å². The minimum Gasteiger partial charge on any atom is -0.454 e. The summed E-state index contributed by atoms with van der Waals surface area (Å²) in [5, 5.41) is 8.38. The van der Waals surface area contributed by atoms with Crippen LogP contribution in [0.1, 0.15) is 12.1 Å². The van der Waals surface area contributed by atoms with Crippen molar-refractivity contribution in [2.75, 3.05) is 23.6 Å². The van der Waals surface area contributed by atoms with E-state index in [-0.39, 0.29) is 25.0 Å². The molecule has 1 atom stereocenters. The molecule has 0 aliphatic carbocycles. The van der Waals surface area contributed by atoms with Crippen LogP contribution in [-0.4, -0.2) is 39.9 Å². The molecule has 2 aliphatic heterocycles. The number of carbonyl (C=O) groups is 2. The van der Waals surface area contributed by atoms with E-state index in [2.05, 4.69) is 15.4 Å². The van der Waals surface area contributed by atoms with Crippen molar-refractivity contribution in [3.8, 4) is 17.2 Å². The van der Waals surface area contributed by atoms with Crippen molar-refractivity contribution in [3.05, 3.63) is 66.5 Å². The maximum atomic E-state index is 13.0. The van der Waals surface area contributed by atoms with Gasteiger partial charge in [0.1, 0.15) is 0 Å². The van der Waals surface area contributed by atoms with Crippen LogP contribution in [0, 0.1) is 12.8 Å². The van der Waals surface area contributed by atoms with Crippen molar-refractivity contribution in [2.45, 2.75) is 13.3 Å². The molecule has 6 rings (SSSR count). The number of ether oxygens (including phenoxy) is 2. The SMILES string of the molecule is Cc1nn(-c2ccccc2)c2ncc(NC(=O)C3CC(=O)N(c4ccc5c(c4)OCO5)C3)cc12. The fourth-order valence-corrected chi connectivity index (χ4v) is 4.39. The highest BCUT2D eigenvalue weighted by molar-refractivity contribution is 6.04. The molecule has 0 radical (unpaired) electrons. The van der Waals surface area contributed by atoms with Gasteiger partial charge in [-0.1, -0.05) is 18.2 Å². The van der Waals surface area contributed by atoms with Gasteiger partial charge in [-0.2, -0.15) is 5.10 Å². The maximum absolute atomic E-state index is 13.0. The summed E-state index contributed by atoms with van der Waals surface area (Å²) in [4.78, 5) is 31.8. The Kier molecular flexibility index (Phi) is 4.68. The molecule has 1 N–H and O–H groups in total. The average molecular weight is 455 g/mol. The average Bonchev–Trinajstić information content (AvgIpc) is 3.56. The van der Waals surface area contributed by atoms with Crippen LogP contribution in [0.3, 0.4) is 0 Å². The fraction of sp³-hybridized carbons (Fsp3) is 0.200. The molecule has 0 bridgehead atoms. The largest absolute Gasteiger partial charge is 0.454 e. The summed E-state index contributed by atoms with van der Waals surface area (Å²) in [6.07, 6.45) is 1.76. The van der Waals surface area contributed by atoms with Gasteiger partial charge in [0.25, 0.3) is 0 Å². The number of pyridine rings is 1. The zero-order valence-electron chi connectivity index (χ0n) is 18.4. The molecule has 2 aromatic heterocycles. The number of anilines is 2. The molecule has 9 nitrogen and oxygen atoms in total. The van der Waals surface area contributed by atoms with Crippen LogP contribution in [0.25, 0.3) is 16.7 Å². The second kappa shape index (κ2) is 7.87. The summed E-state index contributed by atoms with van der Waals surface area (Å²) >= 11 is 0. The number of nitrogens with zero attached hydrogens (tertiary/aromatic N) is 4. The van der Waals surface area contributed by atoms with E-state index in [1.807, 2.05) is 43.3 Å². The molecule has 2 aromatic carbocycles. The molecule has 1 saturated heterocycles. The summed E-state index contributed by atoms with van der Waals surface area (Å²) in [5.41, 5.74) is 3.70. The molecule has 2 aliphatic rings. The van der Waals surface area contributed by atoms with Gasteiger partial charge in [-0.25, -0.2) is 9.67 Å². The summed E-state index contributed by atoms with van der Waals surface area (Å²) < 4.78 is 12.5. The van der Waals surface area contributed by atoms with Gasteiger partial charge in [-0.05, 0) is 37.3 Å². The van der Waals surface area contributed by atoms with Crippen LogP contribution in [-0.2, 0) is 9.59 Å². The Labute approximate surface area is 194 Å². The number of aromatic nitrogens is 3. The van der Waals surface area contributed by atoms with Gasteiger partial charge in [0, 0.05) is 30.1 Å². The standard InChI is InChI=1S/C25H21N5O4/c1-15-20-10-17(12-26-24(20)30(28-15)18-5-3-2-4-6-18)27-25(32)16-9-23(31)29(13-16)19-7-8-21-22(11-19)34-14-33-21/h2-8,10-12,16H,9,13-14H2,1H3,(H,27,32). The number of fused-ring (bicyclic) bond motifs is 2. The van der Waals surface area contributed by atoms with Crippen LogP contribution in [0.4, 0.5) is 11.4 Å². The summed E-state index contributed by atoms with van der Waals surface area (Å²) in [7, 11) is 0. The highest BCUT2D eigenvalue weighted by Gasteiger charge is 2.36. The number of hydrogen-bond acceptors (Lipinski definition) is 6. The Morgan fingerprint density at radius 2 is 1.88 bits per heavy atom. The maximum Gasteiger partial charge on any atom is 0.231 e. The van der Waals surface area contributed by atoms with Crippen molar-refractivity contribution in [1.29, 1.82) is 0 Å². The Morgan fingerprint density at radius 3 is 2.74 bits per heavy atom. The number of hydrogen-bond donors (Lipinski definition) is 1. The van der Waals surface area contributed by atoms with E-state index in [0.717, 1.165) is 16.8 Å². The minimum absolute atomic E-state index is 0.104. The molecule has 1 fully saturated rings. The van der Waals surface area contributed by atoms with Crippen LogP contribution in [0.15, 0.2) is 60.8 Å². The van der Waals surface area contributed by atoms with Gasteiger partial charge in [-0.15, -0.1) is 0 Å². The topological polar surface area (TPSA) is 98.6 Å². The molecule has 1 unspecified atom stereocenters. The van der Waals surface area contributed by atoms with Crippen molar-refractivity contribution < 1.29 is 19.1 Å². The fourth-order valence-electron chi connectivity index (χ4n) is 4.39. The number of carbonyl (C=O) groups excluding carboxylic acids is 2. The number of aryl methyl sites for hydroxylation is 1. The first kappa shape index (κ1) is 20.2. The highest BCUT2D eigenvalue weighted by atomic mass is 16.7. The third-order valence-corrected chi connectivity index (χ3v) is 6.14. The second-order valence-corrected chi connectivity index (χ2v) is 8.36. The molecule has 2 amide bonds. The lowest BCUT2D eigenvalue weighted by Gasteiger charge is -2.17. The molecule has 4 aromatic rings. The smallest absolute Gasteiger partial charge is 0.231 e. The lowest BCUT2D eigenvalue weighted by atomic mass is 10.1. The molecule has 9 heteroatoms. The van der Waals surface area contributed by atoms with Crippen molar-refractivity contribution in [3.63, 3.8) is 0 Å². The van der Waals surface area contributed by atoms with E-state index in [9.17, 15) is 9.59 Å². The zero-order valence-corrected chi connectivity index (χ0v) is 18.4. The number of benzene rings is 2. The van der Waals surface area contributed by atoms with Gasteiger partial charge in [0.15, 0.2) is 17.1 Å². The predicted octanol–water partition coefficient (Wildman–Crippen LogP) is 3.45. The highest BCUT2D eigenvalue weighted by Crippen LogP contribution is 2.37. The normalized spacial score (nSPS) is 16.9. The minimum atomic E-state index is -0.471. The molecule has 170 valence electrons. The van der Waals surface area contributed by atoms with Gasteiger partial charge in [-0.3, -0.25) is 9.59 Å². The Bertz CT molecular complexity index is 1430. The number of para-hydroxylation sites is 1. The summed E-state index contributed by atoms with van der Waals surface area (Å²) in [5.74, 6) is 0.461. The lowest BCUT2D eigenvalue weighted by molar-refractivity contribution is -0.122. The van der Waals surface area contributed by atoms with Crippen LogP contribution in [0.5, 0.6) is 11.5 Å². The lowest BCUT2D eigenvalue weighted by Crippen LogP contribution is -2.28. The van der Waals surface area contributed by atoms with E-state index in [1.54, 1.807) is 34.0 Å². The number of nitrogens with one attached hydrogen (secondary N) is 1. The van der Waals surface area contributed by atoms with E-state index in [0.29, 0.717) is 35.1 Å². The number of rotatable bonds is 4. The van der Waals surface area contributed by atoms with E-state index >= 15 is 0 Å². The Balaban J connectivity index is 1.20.